The number of urea groups is 1. The van der Waals surface area contributed by atoms with Gasteiger partial charge >= 0.3 is 12.0 Å². The molecule has 114 valence electrons. The maximum absolute atomic E-state index is 11.8. The van der Waals surface area contributed by atoms with Gasteiger partial charge < -0.3 is 10.1 Å². The molecule has 0 spiro atoms. The lowest BCUT2D eigenvalue weighted by Crippen LogP contribution is -2.43. The Hall–Kier alpha value is -2.37. The number of carbonyl (C=O) groups excluding carboxylic acids is 3. The molecule has 1 aromatic rings. The van der Waals surface area contributed by atoms with Crippen molar-refractivity contribution >= 4 is 17.9 Å². The maximum Gasteiger partial charge on any atom is 0.321 e. The lowest BCUT2D eigenvalue weighted by Gasteiger charge is -2.13. The van der Waals surface area contributed by atoms with Crippen LogP contribution in [0, 0.1) is 13.8 Å². The Balaban J connectivity index is 2.54. The monoisotopic (exact) mass is 292 g/mol. The second kappa shape index (κ2) is 7.42. The van der Waals surface area contributed by atoms with Crippen LogP contribution in [-0.2, 0) is 20.7 Å². The van der Waals surface area contributed by atoms with E-state index in [-0.39, 0.29) is 6.42 Å². The minimum absolute atomic E-state index is 0.0821. The molecule has 0 aliphatic rings. The number of benzene rings is 1. The molecule has 0 fully saturated rings. The number of hydrogen-bond acceptors (Lipinski definition) is 4. The van der Waals surface area contributed by atoms with Crippen LogP contribution in [-0.4, -0.2) is 31.1 Å². The molecule has 6 nitrogen and oxygen atoms in total. The number of imide groups is 1. The highest BCUT2D eigenvalue weighted by molar-refractivity contribution is 5.97. The molecule has 21 heavy (non-hydrogen) atoms. The molecule has 0 aliphatic heterocycles. The topological polar surface area (TPSA) is 84.5 Å². The maximum atomic E-state index is 11.8. The van der Waals surface area contributed by atoms with Crippen LogP contribution in [0.25, 0.3) is 0 Å². The smallest absolute Gasteiger partial charge is 0.321 e. The van der Waals surface area contributed by atoms with Crippen LogP contribution < -0.4 is 10.6 Å². The molecule has 0 aromatic heterocycles. The molecular formula is C15H20N2O4. The van der Waals surface area contributed by atoms with Crippen LogP contribution in [0.2, 0.25) is 0 Å². The number of esters is 1. The average Bonchev–Trinajstić information content (AvgIpc) is 2.42. The molecule has 1 atom stereocenters. The van der Waals surface area contributed by atoms with Crippen molar-refractivity contribution in [3.63, 3.8) is 0 Å². The molecule has 0 heterocycles. The fourth-order valence-corrected chi connectivity index (χ4v) is 1.65. The third-order valence-electron chi connectivity index (χ3n) is 3.06. The summed E-state index contributed by atoms with van der Waals surface area (Å²) in [6.07, 6.45) is -0.944. The summed E-state index contributed by atoms with van der Waals surface area (Å²) in [4.78, 5) is 34.3. The zero-order chi connectivity index (χ0) is 16.0. The molecule has 0 aliphatic carbocycles. The molecule has 6 heteroatoms. The molecule has 1 rings (SSSR count). The zero-order valence-electron chi connectivity index (χ0n) is 12.6. The highest BCUT2D eigenvalue weighted by Gasteiger charge is 2.19. The van der Waals surface area contributed by atoms with Gasteiger partial charge in [-0.3, -0.25) is 14.9 Å². The summed E-state index contributed by atoms with van der Waals surface area (Å²) in [6, 6.07) is 5.04. The van der Waals surface area contributed by atoms with E-state index >= 15 is 0 Å². The van der Waals surface area contributed by atoms with Gasteiger partial charge in [0, 0.05) is 7.05 Å². The van der Waals surface area contributed by atoms with Crippen LogP contribution in [0.15, 0.2) is 18.2 Å². The standard InChI is InChI=1S/C15H20N2O4/c1-9-5-6-12(7-10(9)2)8-13(18)21-11(3)14(19)17-15(20)16-4/h5-7,11H,8H2,1-4H3,(H2,16,17,19,20)/t11-/m0/s1. The summed E-state index contributed by atoms with van der Waals surface area (Å²) in [6.45, 7) is 5.36. The first-order chi connectivity index (χ1) is 9.83. The lowest BCUT2D eigenvalue weighted by molar-refractivity contribution is -0.153. The van der Waals surface area contributed by atoms with E-state index in [9.17, 15) is 14.4 Å². The van der Waals surface area contributed by atoms with E-state index in [1.165, 1.54) is 14.0 Å². The third-order valence-corrected chi connectivity index (χ3v) is 3.06. The molecule has 0 unspecified atom stereocenters. The molecule has 0 radical (unpaired) electrons. The summed E-state index contributed by atoms with van der Waals surface area (Å²) in [5.41, 5.74) is 3.05. The Kier molecular flexibility index (Phi) is 5.90. The van der Waals surface area contributed by atoms with Crippen molar-refractivity contribution < 1.29 is 19.1 Å². The molecule has 0 saturated carbocycles. The normalized spacial score (nSPS) is 11.4. The van der Waals surface area contributed by atoms with Crippen molar-refractivity contribution in [2.45, 2.75) is 33.3 Å². The van der Waals surface area contributed by atoms with Gasteiger partial charge in [-0.15, -0.1) is 0 Å². The molecule has 3 amide bonds. The van der Waals surface area contributed by atoms with Crippen LogP contribution >= 0.6 is 0 Å². The zero-order valence-corrected chi connectivity index (χ0v) is 12.6. The lowest BCUT2D eigenvalue weighted by atomic mass is 10.0. The number of amides is 3. The second-order valence-corrected chi connectivity index (χ2v) is 4.80. The van der Waals surface area contributed by atoms with Crippen LogP contribution in [0.1, 0.15) is 23.6 Å². The van der Waals surface area contributed by atoms with E-state index in [1.807, 2.05) is 37.4 Å². The number of hydrogen-bond donors (Lipinski definition) is 2. The van der Waals surface area contributed by atoms with Crippen LogP contribution in [0.4, 0.5) is 4.79 Å². The summed E-state index contributed by atoms with van der Waals surface area (Å²) >= 11 is 0. The third kappa shape index (κ3) is 5.25. The van der Waals surface area contributed by atoms with E-state index in [2.05, 4.69) is 5.32 Å². The van der Waals surface area contributed by atoms with Gasteiger partial charge in [0.2, 0.25) is 0 Å². The van der Waals surface area contributed by atoms with E-state index in [0.717, 1.165) is 16.7 Å². The molecule has 1 aromatic carbocycles. The van der Waals surface area contributed by atoms with Gasteiger partial charge in [0.15, 0.2) is 6.10 Å². The first kappa shape index (κ1) is 16.7. The first-order valence-electron chi connectivity index (χ1n) is 6.61. The number of nitrogens with one attached hydrogen (secondary N) is 2. The number of rotatable bonds is 4. The van der Waals surface area contributed by atoms with E-state index in [0.29, 0.717) is 0 Å². The van der Waals surface area contributed by atoms with Crippen molar-refractivity contribution in [3.05, 3.63) is 34.9 Å². The SMILES string of the molecule is CNC(=O)NC(=O)[C@H](C)OC(=O)Cc1ccc(C)c(C)c1. The Labute approximate surface area is 123 Å². The highest BCUT2D eigenvalue weighted by Crippen LogP contribution is 2.11. The van der Waals surface area contributed by atoms with Gasteiger partial charge in [-0.2, -0.15) is 0 Å². The number of carbonyl (C=O) groups is 3. The molecule has 0 bridgehead atoms. The largest absolute Gasteiger partial charge is 0.452 e. The van der Waals surface area contributed by atoms with Gasteiger partial charge in [-0.1, -0.05) is 18.2 Å². The number of ether oxygens (including phenoxy) is 1. The van der Waals surface area contributed by atoms with Gasteiger partial charge in [0.25, 0.3) is 5.91 Å². The predicted molar refractivity (Wildman–Crippen MR) is 77.8 cm³/mol. The van der Waals surface area contributed by atoms with E-state index in [4.69, 9.17) is 4.74 Å². The quantitative estimate of drug-likeness (QED) is 0.818. The van der Waals surface area contributed by atoms with Gasteiger partial charge in [0.1, 0.15) is 0 Å². The molecular weight excluding hydrogens is 272 g/mol. The average molecular weight is 292 g/mol. The Morgan fingerprint density at radius 1 is 1.19 bits per heavy atom. The van der Waals surface area contributed by atoms with Crippen molar-refractivity contribution in [2.24, 2.45) is 0 Å². The predicted octanol–water partition coefficient (Wildman–Crippen LogP) is 1.23. The fraction of sp³-hybridized carbons (Fsp3) is 0.400. The van der Waals surface area contributed by atoms with Crippen molar-refractivity contribution in [3.8, 4) is 0 Å². The van der Waals surface area contributed by atoms with Crippen LogP contribution in [0.3, 0.4) is 0 Å². The minimum atomic E-state index is -1.03. The Morgan fingerprint density at radius 3 is 2.43 bits per heavy atom. The summed E-state index contributed by atoms with van der Waals surface area (Å²) in [5, 5.41) is 4.29. The van der Waals surface area contributed by atoms with Crippen molar-refractivity contribution in [1.29, 1.82) is 0 Å². The minimum Gasteiger partial charge on any atom is -0.452 e. The van der Waals surface area contributed by atoms with Crippen molar-refractivity contribution in [2.75, 3.05) is 7.05 Å². The van der Waals surface area contributed by atoms with E-state index < -0.39 is 24.0 Å². The van der Waals surface area contributed by atoms with E-state index in [1.54, 1.807) is 0 Å². The fourth-order valence-electron chi connectivity index (χ4n) is 1.65. The summed E-state index contributed by atoms with van der Waals surface area (Å²) in [7, 11) is 1.39. The van der Waals surface area contributed by atoms with Gasteiger partial charge in [-0.25, -0.2) is 4.79 Å². The Morgan fingerprint density at radius 2 is 1.86 bits per heavy atom. The van der Waals surface area contributed by atoms with Gasteiger partial charge in [0.05, 0.1) is 6.42 Å². The van der Waals surface area contributed by atoms with Gasteiger partial charge in [-0.05, 0) is 37.5 Å². The van der Waals surface area contributed by atoms with Crippen molar-refractivity contribution in [1.82, 2.24) is 10.6 Å². The first-order valence-corrected chi connectivity index (χ1v) is 6.61. The molecule has 2 N–H and O–H groups in total. The highest BCUT2D eigenvalue weighted by atomic mass is 16.5. The number of aryl methyl sites for hydroxylation is 2. The summed E-state index contributed by atoms with van der Waals surface area (Å²) in [5.74, 6) is -1.18. The summed E-state index contributed by atoms with van der Waals surface area (Å²) < 4.78 is 5.00. The molecule has 0 saturated heterocycles. The Bertz CT molecular complexity index is 555. The second-order valence-electron chi connectivity index (χ2n) is 4.80. The van der Waals surface area contributed by atoms with Crippen LogP contribution in [0.5, 0.6) is 0 Å².